The number of rotatable bonds is 3. The minimum absolute atomic E-state index is 0.0207. The zero-order valence-corrected chi connectivity index (χ0v) is 19.8. The van der Waals surface area contributed by atoms with Gasteiger partial charge in [-0.1, -0.05) is 25.2 Å². The Labute approximate surface area is 194 Å². The van der Waals surface area contributed by atoms with Gasteiger partial charge in [0.1, 0.15) is 0 Å². The molecule has 8 nitrogen and oxygen atoms in total. The lowest BCUT2D eigenvalue weighted by Gasteiger charge is -2.47. The van der Waals surface area contributed by atoms with Crippen molar-refractivity contribution in [3.63, 3.8) is 0 Å². The van der Waals surface area contributed by atoms with Crippen LogP contribution in [-0.4, -0.2) is 70.6 Å². The van der Waals surface area contributed by atoms with E-state index in [-0.39, 0.29) is 75.8 Å². The number of imide groups is 1. The van der Waals surface area contributed by atoms with Crippen molar-refractivity contribution >= 4 is 40.8 Å². The van der Waals surface area contributed by atoms with Crippen LogP contribution < -0.4 is 4.87 Å². The molecule has 1 aromatic heterocycles. The number of aromatic nitrogens is 1. The first-order valence-electron chi connectivity index (χ1n) is 11.4. The number of amides is 3. The second-order valence-electron chi connectivity index (χ2n) is 10.2. The molecule has 6 atom stereocenters. The van der Waals surface area contributed by atoms with E-state index >= 15 is 0 Å². The third-order valence-electron chi connectivity index (χ3n) is 8.40. The number of nitrogens with zero attached hydrogens (tertiary/aromatic N) is 2. The van der Waals surface area contributed by atoms with Crippen LogP contribution in [0.25, 0.3) is 0 Å². The number of H-pyrrole nitrogens is 1. The van der Waals surface area contributed by atoms with Gasteiger partial charge in [0.25, 0.3) is 0 Å². The fourth-order valence-electron chi connectivity index (χ4n) is 7.11. The maximum atomic E-state index is 13.4. The summed E-state index contributed by atoms with van der Waals surface area (Å²) in [6.45, 7) is 6.75. The molecule has 4 fully saturated rings. The Kier molecular flexibility index (Phi) is 4.69. The first-order chi connectivity index (χ1) is 15.3. The van der Waals surface area contributed by atoms with Crippen LogP contribution in [-0.2, 0) is 24.5 Å². The van der Waals surface area contributed by atoms with Crippen LogP contribution in [0.15, 0.2) is 9.82 Å². The molecule has 3 amide bonds. The van der Waals surface area contributed by atoms with Crippen molar-refractivity contribution in [1.29, 1.82) is 0 Å². The molecule has 2 saturated heterocycles. The van der Waals surface area contributed by atoms with Crippen molar-refractivity contribution in [3.05, 3.63) is 14.5 Å². The number of carbonyl (C=O) groups is 3. The van der Waals surface area contributed by atoms with E-state index in [1.54, 1.807) is 16.7 Å². The number of aromatic amines is 1. The highest BCUT2D eigenvalue weighted by atomic mass is 32.2. The molecule has 5 aliphatic rings. The van der Waals surface area contributed by atoms with Gasteiger partial charge in [0.05, 0.1) is 30.1 Å². The number of nitrogens with one attached hydrogen (secondary N) is 1. The third-order valence-corrected chi connectivity index (χ3v) is 11.2. The summed E-state index contributed by atoms with van der Waals surface area (Å²) in [5.74, 6) is -0.186. The summed E-state index contributed by atoms with van der Waals surface area (Å²) in [6, 6.07) is 0. The molecule has 2 aliphatic carbocycles. The standard InChI is InChI=1S/C22H27N3O5S2/c1-22(2)15-10-9-11(16(15)31-18-17(22)32-21(29)23-18)14-13(10)19(27)25(20(14)28)4-3-12(26)24-5-7-30-8-6-24/h10-11,13-16H,3-9H2,1-2H3,(H,23,29)/t10-,11-,13-,14-,15+,16+/m1/s1. The smallest absolute Gasteiger partial charge is 0.305 e. The molecule has 2 bridgehead atoms. The van der Waals surface area contributed by atoms with Gasteiger partial charge in [-0.2, -0.15) is 0 Å². The quantitative estimate of drug-likeness (QED) is 0.659. The Morgan fingerprint density at radius 1 is 1.12 bits per heavy atom. The molecule has 1 aromatic rings. The van der Waals surface area contributed by atoms with Gasteiger partial charge in [0, 0.05) is 41.6 Å². The first kappa shape index (κ1) is 20.9. The van der Waals surface area contributed by atoms with E-state index in [1.807, 2.05) is 0 Å². The Balaban J connectivity index is 1.23. The predicted molar refractivity (Wildman–Crippen MR) is 118 cm³/mol. The molecule has 172 valence electrons. The van der Waals surface area contributed by atoms with Crippen LogP contribution in [0.1, 0.15) is 31.6 Å². The van der Waals surface area contributed by atoms with Gasteiger partial charge in [-0.15, -0.1) is 11.8 Å². The van der Waals surface area contributed by atoms with Crippen LogP contribution in [0.2, 0.25) is 0 Å². The van der Waals surface area contributed by atoms with Crippen LogP contribution in [0.4, 0.5) is 0 Å². The Morgan fingerprint density at radius 3 is 2.53 bits per heavy atom. The molecule has 6 rings (SSSR count). The van der Waals surface area contributed by atoms with Gasteiger partial charge < -0.3 is 14.6 Å². The van der Waals surface area contributed by atoms with E-state index in [9.17, 15) is 19.2 Å². The van der Waals surface area contributed by atoms with E-state index in [0.29, 0.717) is 26.3 Å². The Hall–Kier alpha value is -1.65. The normalized spacial score (nSPS) is 36.9. The predicted octanol–water partition coefficient (Wildman–Crippen LogP) is 1.30. The monoisotopic (exact) mass is 477 g/mol. The lowest BCUT2D eigenvalue weighted by atomic mass is 9.64. The summed E-state index contributed by atoms with van der Waals surface area (Å²) in [5, 5.41) is 1.18. The van der Waals surface area contributed by atoms with E-state index in [4.69, 9.17) is 4.74 Å². The van der Waals surface area contributed by atoms with Crippen molar-refractivity contribution in [1.82, 2.24) is 14.8 Å². The lowest BCUT2D eigenvalue weighted by molar-refractivity contribution is -0.142. The zero-order valence-electron chi connectivity index (χ0n) is 18.2. The number of hydrogen-bond donors (Lipinski definition) is 1. The van der Waals surface area contributed by atoms with Gasteiger partial charge in [-0.25, -0.2) is 0 Å². The van der Waals surface area contributed by atoms with Crippen molar-refractivity contribution in [2.45, 2.75) is 42.4 Å². The largest absolute Gasteiger partial charge is 0.378 e. The van der Waals surface area contributed by atoms with Crippen LogP contribution in [0.3, 0.4) is 0 Å². The minimum Gasteiger partial charge on any atom is -0.378 e. The van der Waals surface area contributed by atoms with Crippen LogP contribution in [0, 0.1) is 29.6 Å². The second kappa shape index (κ2) is 7.17. The summed E-state index contributed by atoms with van der Waals surface area (Å²) in [5.41, 5.74) is -0.206. The molecule has 3 aliphatic heterocycles. The average Bonchev–Trinajstić information content (AvgIpc) is 3.49. The number of thioether (sulfide) groups is 1. The fraction of sp³-hybridized carbons (Fsp3) is 0.727. The average molecular weight is 478 g/mol. The van der Waals surface area contributed by atoms with Crippen molar-refractivity contribution < 1.29 is 19.1 Å². The number of thiazole rings is 1. The van der Waals surface area contributed by atoms with E-state index in [2.05, 4.69) is 18.8 Å². The molecular weight excluding hydrogens is 450 g/mol. The Bertz CT molecular complexity index is 1060. The molecule has 0 radical (unpaired) electrons. The second-order valence-corrected chi connectivity index (χ2v) is 12.4. The molecule has 2 saturated carbocycles. The van der Waals surface area contributed by atoms with Gasteiger partial charge in [-0.3, -0.25) is 24.1 Å². The highest BCUT2D eigenvalue weighted by molar-refractivity contribution is 8.00. The first-order valence-corrected chi connectivity index (χ1v) is 13.1. The number of fused-ring (bicyclic) bond motifs is 9. The molecule has 10 heteroatoms. The van der Waals surface area contributed by atoms with Gasteiger partial charge in [-0.05, 0) is 24.2 Å². The number of hydrogen-bond acceptors (Lipinski definition) is 7. The summed E-state index contributed by atoms with van der Waals surface area (Å²) < 4.78 is 5.30. The molecule has 0 unspecified atom stereocenters. The van der Waals surface area contributed by atoms with Crippen LogP contribution >= 0.6 is 23.1 Å². The van der Waals surface area contributed by atoms with E-state index in [1.165, 1.54) is 16.2 Å². The summed E-state index contributed by atoms with van der Waals surface area (Å²) in [6.07, 6.45) is 1.08. The molecule has 0 aromatic carbocycles. The number of ether oxygens (including phenoxy) is 1. The maximum absolute atomic E-state index is 13.4. The van der Waals surface area contributed by atoms with Crippen molar-refractivity contribution in [3.8, 4) is 0 Å². The number of carbonyl (C=O) groups excluding carboxylic acids is 3. The minimum atomic E-state index is -0.276. The lowest BCUT2D eigenvalue weighted by Crippen LogP contribution is -2.48. The van der Waals surface area contributed by atoms with Gasteiger partial charge in [0.2, 0.25) is 17.7 Å². The molecular formula is C22H27N3O5S2. The molecule has 0 spiro atoms. The fourth-order valence-corrected chi connectivity index (χ4v) is 10.3. The van der Waals surface area contributed by atoms with Crippen LogP contribution in [0.5, 0.6) is 0 Å². The topological polar surface area (TPSA) is 99.8 Å². The van der Waals surface area contributed by atoms with E-state index < -0.39 is 0 Å². The van der Waals surface area contributed by atoms with Gasteiger partial charge >= 0.3 is 4.87 Å². The molecule has 4 heterocycles. The zero-order chi connectivity index (χ0) is 22.4. The summed E-state index contributed by atoms with van der Waals surface area (Å²) in [7, 11) is 0. The molecule has 32 heavy (non-hydrogen) atoms. The maximum Gasteiger partial charge on any atom is 0.305 e. The van der Waals surface area contributed by atoms with E-state index in [0.717, 1.165) is 16.3 Å². The highest BCUT2D eigenvalue weighted by Gasteiger charge is 2.70. The van der Waals surface area contributed by atoms with Crippen molar-refractivity contribution in [2.75, 3.05) is 32.8 Å². The highest BCUT2D eigenvalue weighted by Crippen LogP contribution is 2.68. The molecule has 1 N–H and O–H groups in total. The summed E-state index contributed by atoms with van der Waals surface area (Å²) in [4.78, 5) is 58.5. The Morgan fingerprint density at radius 2 is 1.81 bits per heavy atom. The summed E-state index contributed by atoms with van der Waals surface area (Å²) >= 11 is 2.98. The number of likely N-dealkylation sites (tertiary alicyclic amines) is 1. The van der Waals surface area contributed by atoms with Crippen molar-refractivity contribution in [2.24, 2.45) is 29.6 Å². The van der Waals surface area contributed by atoms with Gasteiger partial charge in [0.15, 0.2) is 0 Å². The third kappa shape index (κ3) is 2.78. The SMILES string of the molecule is CC1(C)c2sc(=O)[nH]c2S[C@H]2[C@@H]3C[C@H]([C@H]4C(=O)N(CCC(=O)N5CCOCC5)C(=O)[C@H]34)[C@@H]21. The number of morpholine rings is 1.